The van der Waals surface area contributed by atoms with E-state index in [1.165, 1.54) is 0 Å². The predicted molar refractivity (Wildman–Crippen MR) is 47.1 cm³/mol. The van der Waals surface area contributed by atoms with Crippen molar-refractivity contribution in [1.29, 1.82) is 0 Å². The zero-order valence-corrected chi connectivity index (χ0v) is 8.34. The summed E-state index contributed by atoms with van der Waals surface area (Å²) in [7, 11) is -3.83. The van der Waals surface area contributed by atoms with Crippen LogP contribution in [-0.2, 0) is 15.0 Å². The van der Waals surface area contributed by atoms with Gasteiger partial charge in [0.1, 0.15) is 0 Å². The van der Waals surface area contributed by atoms with Crippen molar-refractivity contribution in [3.8, 4) is 0 Å². The van der Waals surface area contributed by atoms with Gasteiger partial charge in [0.15, 0.2) is 0 Å². The van der Waals surface area contributed by atoms with Crippen molar-refractivity contribution >= 4 is 16.2 Å². The number of carboxylic acids is 1. The lowest BCUT2D eigenvalue weighted by atomic mass is 10.0. The molecule has 0 saturated carbocycles. The fourth-order valence-corrected chi connectivity index (χ4v) is 1.59. The van der Waals surface area contributed by atoms with E-state index in [1.54, 1.807) is 13.8 Å². The third-order valence-electron chi connectivity index (χ3n) is 1.51. The molecule has 1 atom stereocenters. The van der Waals surface area contributed by atoms with Gasteiger partial charge in [-0.2, -0.15) is 13.1 Å². The highest BCUT2D eigenvalue weighted by Crippen LogP contribution is 2.06. The van der Waals surface area contributed by atoms with Crippen molar-refractivity contribution in [2.24, 2.45) is 11.1 Å². The quantitative estimate of drug-likeness (QED) is 0.556. The molecule has 0 aromatic carbocycles. The summed E-state index contributed by atoms with van der Waals surface area (Å²) < 4.78 is 23.3. The zero-order chi connectivity index (χ0) is 10.6. The van der Waals surface area contributed by atoms with Crippen LogP contribution in [0.5, 0.6) is 0 Å². The van der Waals surface area contributed by atoms with Crippen LogP contribution in [0.3, 0.4) is 0 Å². The Morgan fingerprint density at radius 3 is 2.23 bits per heavy atom. The zero-order valence-electron chi connectivity index (χ0n) is 7.52. The summed E-state index contributed by atoms with van der Waals surface area (Å²) in [4.78, 5) is 10.3. The first-order valence-corrected chi connectivity index (χ1v) is 5.29. The standard InChI is InChI=1S/C6H14N2O4S/c1-4(2)5(3-6(9)10)8-13(7,11)12/h4-5,8H,3H2,1-2H3,(H,9,10)(H2,7,11,12). The summed E-state index contributed by atoms with van der Waals surface area (Å²) >= 11 is 0. The van der Waals surface area contributed by atoms with Crippen LogP contribution in [0.25, 0.3) is 0 Å². The molecule has 0 aromatic heterocycles. The van der Waals surface area contributed by atoms with E-state index in [2.05, 4.69) is 4.72 Å². The molecule has 0 aliphatic carbocycles. The Kier molecular flexibility index (Phi) is 4.31. The van der Waals surface area contributed by atoms with Gasteiger partial charge in [-0.25, -0.2) is 5.14 Å². The number of carboxylic acid groups (broad SMARTS) is 1. The molecule has 0 rings (SSSR count). The minimum atomic E-state index is -3.83. The summed E-state index contributed by atoms with van der Waals surface area (Å²) in [6.07, 6.45) is -0.270. The number of rotatable bonds is 5. The minimum Gasteiger partial charge on any atom is -0.481 e. The van der Waals surface area contributed by atoms with Gasteiger partial charge < -0.3 is 5.11 Å². The molecule has 7 heteroatoms. The molecular weight excluding hydrogens is 196 g/mol. The molecule has 13 heavy (non-hydrogen) atoms. The molecule has 0 aliphatic heterocycles. The Balaban J connectivity index is 4.36. The molecular formula is C6H14N2O4S. The second-order valence-electron chi connectivity index (χ2n) is 3.11. The van der Waals surface area contributed by atoms with E-state index >= 15 is 0 Å². The fourth-order valence-electron chi connectivity index (χ4n) is 0.813. The summed E-state index contributed by atoms with van der Waals surface area (Å²) in [6.45, 7) is 3.43. The third-order valence-corrected chi connectivity index (χ3v) is 2.15. The van der Waals surface area contributed by atoms with Crippen molar-refractivity contribution in [2.75, 3.05) is 0 Å². The van der Waals surface area contributed by atoms with Gasteiger partial charge in [0.25, 0.3) is 10.2 Å². The first kappa shape index (κ1) is 12.3. The number of nitrogens with two attached hydrogens (primary N) is 1. The van der Waals surface area contributed by atoms with Crippen LogP contribution in [-0.4, -0.2) is 25.5 Å². The van der Waals surface area contributed by atoms with Gasteiger partial charge in [0.05, 0.1) is 6.42 Å². The molecule has 1 unspecified atom stereocenters. The monoisotopic (exact) mass is 210 g/mol. The van der Waals surface area contributed by atoms with E-state index in [4.69, 9.17) is 10.2 Å². The molecule has 0 spiro atoms. The topological polar surface area (TPSA) is 109 Å². The van der Waals surface area contributed by atoms with Crippen LogP contribution in [0.1, 0.15) is 20.3 Å². The highest BCUT2D eigenvalue weighted by Gasteiger charge is 2.20. The van der Waals surface area contributed by atoms with Crippen LogP contribution >= 0.6 is 0 Å². The highest BCUT2D eigenvalue weighted by atomic mass is 32.2. The normalized spacial score (nSPS) is 14.5. The lowest BCUT2D eigenvalue weighted by molar-refractivity contribution is -0.137. The lowest BCUT2D eigenvalue weighted by Crippen LogP contribution is -2.43. The molecule has 0 radical (unpaired) electrons. The Morgan fingerprint density at radius 2 is 2.00 bits per heavy atom. The Bertz CT molecular complexity index is 272. The van der Waals surface area contributed by atoms with Crippen LogP contribution in [0.4, 0.5) is 0 Å². The smallest absolute Gasteiger partial charge is 0.304 e. The van der Waals surface area contributed by atoms with Crippen LogP contribution in [0, 0.1) is 5.92 Å². The predicted octanol–water partition coefficient (Wildman–Crippen LogP) is -0.721. The number of nitrogens with one attached hydrogen (secondary N) is 1. The van der Waals surface area contributed by atoms with Crippen LogP contribution in [0.2, 0.25) is 0 Å². The molecule has 78 valence electrons. The number of hydrogen-bond donors (Lipinski definition) is 3. The molecule has 0 heterocycles. The number of aliphatic carboxylic acids is 1. The van der Waals surface area contributed by atoms with E-state index in [9.17, 15) is 13.2 Å². The van der Waals surface area contributed by atoms with Gasteiger partial charge in [-0.1, -0.05) is 13.8 Å². The maximum atomic E-state index is 10.6. The van der Waals surface area contributed by atoms with Crippen molar-refractivity contribution in [3.05, 3.63) is 0 Å². The van der Waals surface area contributed by atoms with Crippen LogP contribution < -0.4 is 9.86 Å². The molecule has 0 bridgehead atoms. The summed E-state index contributed by atoms with van der Waals surface area (Å²) in [5.74, 6) is -1.18. The summed E-state index contributed by atoms with van der Waals surface area (Å²) in [6, 6.07) is -0.660. The summed E-state index contributed by atoms with van der Waals surface area (Å²) in [5, 5.41) is 13.2. The second-order valence-corrected chi connectivity index (χ2v) is 4.44. The van der Waals surface area contributed by atoms with Gasteiger partial charge in [-0.3, -0.25) is 4.79 Å². The minimum absolute atomic E-state index is 0.116. The fraction of sp³-hybridized carbons (Fsp3) is 0.833. The first-order chi connectivity index (χ1) is 5.72. The molecule has 0 aliphatic rings. The molecule has 4 N–H and O–H groups in total. The number of hydrogen-bond acceptors (Lipinski definition) is 3. The van der Waals surface area contributed by atoms with E-state index in [1.807, 2.05) is 0 Å². The molecule has 6 nitrogen and oxygen atoms in total. The first-order valence-electron chi connectivity index (χ1n) is 3.74. The average Bonchev–Trinajstić information content (AvgIpc) is 1.81. The molecule has 0 aromatic rings. The SMILES string of the molecule is CC(C)C(CC(=O)O)NS(N)(=O)=O. The average molecular weight is 210 g/mol. The Morgan fingerprint density at radius 1 is 1.54 bits per heavy atom. The lowest BCUT2D eigenvalue weighted by Gasteiger charge is -2.18. The Hall–Kier alpha value is -0.660. The van der Waals surface area contributed by atoms with Gasteiger partial charge in [0, 0.05) is 6.04 Å². The van der Waals surface area contributed by atoms with E-state index in [-0.39, 0.29) is 12.3 Å². The number of carbonyl (C=O) groups is 1. The maximum absolute atomic E-state index is 10.6. The molecule has 0 saturated heterocycles. The van der Waals surface area contributed by atoms with Gasteiger partial charge in [-0.15, -0.1) is 0 Å². The van der Waals surface area contributed by atoms with E-state index in [0.717, 1.165) is 0 Å². The highest BCUT2D eigenvalue weighted by molar-refractivity contribution is 7.87. The van der Waals surface area contributed by atoms with E-state index < -0.39 is 22.2 Å². The van der Waals surface area contributed by atoms with Gasteiger partial charge in [-0.05, 0) is 5.92 Å². The largest absolute Gasteiger partial charge is 0.481 e. The molecule has 0 amide bonds. The van der Waals surface area contributed by atoms with Crippen molar-refractivity contribution in [1.82, 2.24) is 4.72 Å². The van der Waals surface area contributed by atoms with Gasteiger partial charge >= 0.3 is 5.97 Å². The van der Waals surface area contributed by atoms with Crippen molar-refractivity contribution in [3.63, 3.8) is 0 Å². The third kappa shape index (κ3) is 6.50. The molecule has 0 fully saturated rings. The van der Waals surface area contributed by atoms with Gasteiger partial charge in [0.2, 0.25) is 0 Å². The van der Waals surface area contributed by atoms with E-state index in [0.29, 0.717) is 0 Å². The maximum Gasteiger partial charge on any atom is 0.304 e. The summed E-state index contributed by atoms with van der Waals surface area (Å²) in [5.41, 5.74) is 0. The van der Waals surface area contributed by atoms with Crippen molar-refractivity contribution in [2.45, 2.75) is 26.3 Å². The second kappa shape index (κ2) is 4.54. The Labute approximate surface area is 77.3 Å². The van der Waals surface area contributed by atoms with Crippen molar-refractivity contribution < 1.29 is 18.3 Å². The van der Waals surface area contributed by atoms with Crippen LogP contribution in [0.15, 0.2) is 0 Å².